The molecule has 1 aromatic carbocycles. The Kier molecular flexibility index (Phi) is 7.25. The average molecular weight is 437 g/mol. The van der Waals surface area contributed by atoms with Gasteiger partial charge in [-0.1, -0.05) is 39.8 Å². The third kappa shape index (κ3) is 4.70. The molecule has 1 saturated heterocycles. The Morgan fingerprint density at radius 1 is 0.931 bits per heavy atom. The normalized spacial score (nSPS) is 20.2. The van der Waals surface area contributed by atoms with Crippen LogP contribution in [0.25, 0.3) is 11.3 Å². The van der Waals surface area contributed by atoms with Gasteiger partial charge in [0.2, 0.25) is 5.95 Å². The van der Waals surface area contributed by atoms with E-state index < -0.39 is 0 Å². The lowest BCUT2D eigenvalue weighted by molar-refractivity contribution is 0.332. The van der Waals surface area contributed by atoms with Crippen molar-refractivity contribution in [3.05, 3.63) is 41.6 Å². The lowest BCUT2D eigenvalue weighted by atomic mass is 9.63. The fraction of sp³-hybridized carbons (Fsp3) is 0.565. The van der Waals surface area contributed by atoms with E-state index in [-0.39, 0.29) is 35.6 Å². The fourth-order valence-corrected chi connectivity index (χ4v) is 4.51. The number of hydrogen-bond donors (Lipinski definition) is 1. The van der Waals surface area contributed by atoms with Crippen LogP contribution in [0, 0.1) is 0 Å². The van der Waals surface area contributed by atoms with Crippen molar-refractivity contribution in [1.82, 2.24) is 9.97 Å². The van der Waals surface area contributed by atoms with Crippen LogP contribution in [0.3, 0.4) is 0 Å². The second-order valence-electron chi connectivity index (χ2n) is 9.59. The molecule has 2 aromatic rings. The second-order valence-corrected chi connectivity index (χ2v) is 9.59. The molecular formula is C23H34Cl2N4. The van der Waals surface area contributed by atoms with E-state index in [1.807, 2.05) is 12.3 Å². The molecule has 0 unspecified atom stereocenters. The van der Waals surface area contributed by atoms with Crippen LogP contribution in [0.1, 0.15) is 64.5 Å². The summed E-state index contributed by atoms with van der Waals surface area (Å²) in [6, 6.07) is 9.28. The van der Waals surface area contributed by atoms with Crippen molar-refractivity contribution in [3.8, 4) is 11.3 Å². The Hall–Kier alpha value is -1.36. The van der Waals surface area contributed by atoms with Crippen molar-refractivity contribution in [3.63, 3.8) is 0 Å². The minimum atomic E-state index is 0. The van der Waals surface area contributed by atoms with Crippen LogP contribution in [0.2, 0.25) is 0 Å². The van der Waals surface area contributed by atoms with Gasteiger partial charge >= 0.3 is 0 Å². The van der Waals surface area contributed by atoms with Gasteiger partial charge in [-0.2, -0.15) is 0 Å². The zero-order valence-electron chi connectivity index (χ0n) is 17.9. The van der Waals surface area contributed by atoms with E-state index in [2.05, 4.69) is 55.8 Å². The van der Waals surface area contributed by atoms with Crippen LogP contribution in [-0.4, -0.2) is 29.1 Å². The molecule has 1 fully saturated rings. The Morgan fingerprint density at radius 2 is 1.55 bits per heavy atom. The van der Waals surface area contributed by atoms with E-state index in [9.17, 15) is 0 Å². The highest BCUT2D eigenvalue weighted by atomic mass is 35.5. The van der Waals surface area contributed by atoms with E-state index >= 15 is 0 Å². The number of rotatable bonds is 2. The molecule has 2 heterocycles. The first-order valence-electron chi connectivity index (χ1n) is 10.3. The zero-order valence-corrected chi connectivity index (χ0v) is 19.6. The number of piperidine rings is 1. The molecule has 29 heavy (non-hydrogen) atoms. The highest BCUT2D eigenvalue weighted by Gasteiger charge is 2.37. The molecule has 160 valence electrons. The van der Waals surface area contributed by atoms with Crippen molar-refractivity contribution in [2.45, 2.75) is 70.3 Å². The predicted molar refractivity (Wildman–Crippen MR) is 127 cm³/mol. The van der Waals surface area contributed by atoms with Gasteiger partial charge < -0.3 is 10.6 Å². The summed E-state index contributed by atoms with van der Waals surface area (Å²) in [5, 5.41) is 0. The van der Waals surface area contributed by atoms with Gasteiger partial charge in [-0.05, 0) is 59.8 Å². The maximum absolute atomic E-state index is 6.04. The zero-order chi connectivity index (χ0) is 19.2. The highest BCUT2D eigenvalue weighted by Crippen LogP contribution is 2.46. The molecule has 0 saturated carbocycles. The van der Waals surface area contributed by atoms with Crippen molar-refractivity contribution >= 4 is 30.8 Å². The molecule has 2 aliphatic rings. The van der Waals surface area contributed by atoms with Crippen molar-refractivity contribution in [2.24, 2.45) is 5.73 Å². The maximum Gasteiger partial charge on any atom is 0.225 e. The van der Waals surface area contributed by atoms with Gasteiger partial charge in [0.15, 0.2) is 0 Å². The number of aromatic nitrogens is 2. The van der Waals surface area contributed by atoms with Gasteiger partial charge in [0, 0.05) is 30.9 Å². The fourth-order valence-electron chi connectivity index (χ4n) is 4.51. The Morgan fingerprint density at radius 3 is 2.21 bits per heavy atom. The Balaban J connectivity index is 0.00000150. The van der Waals surface area contributed by atoms with E-state index in [1.54, 1.807) is 0 Å². The monoisotopic (exact) mass is 436 g/mol. The van der Waals surface area contributed by atoms with Crippen LogP contribution in [0.4, 0.5) is 5.95 Å². The van der Waals surface area contributed by atoms with Crippen molar-refractivity contribution < 1.29 is 0 Å². The van der Waals surface area contributed by atoms with Crippen molar-refractivity contribution in [2.75, 3.05) is 18.0 Å². The number of nitrogens with zero attached hydrogens (tertiary/aromatic N) is 3. The number of hydrogen-bond acceptors (Lipinski definition) is 4. The lowest BCUT2D eigenvalue weighted by Gasteiger charge is -2.42. The standard InChI is InChI=1S/C23H32N4.2ClH/c1-22(2)10-11-23(3,4)19-15-16(5-6-18(19)22)20-7-12-25-21(26-20)27-13-8-17(24)9-14-27;;/h5-7,12,15,17H,8-11,13-14,24H2,1-4H3;2*1H. The summed E-state index contributed by atoms with van der Waals surface area (Å²) < 4.78 is 0. The van der Waals surface area contributed by atoms with E-state index in [0.29, 0.717) is 6.04 Å². The third-order valence-corrected chi connectivity index (χ3v) is 6.61. The molecule has 4 nitrogen and oxygen atoms in total. The van der Waals surface area contributed by atoms with E-state index in [1.165, 1.54) is 29.5 Å². The molecule has 2 N–H and O–H groups in total. The lowest BCUT2D eigenvalue weighted by Crippen LogP contribution is -2.40. The minimum Gasteiger partial charge on any atom is -0.341 e. The van der Waals surface area contributed by atoms with Gasteiger partial charge in [-0.15, -0.1) is 24.8 Å². The van der Waals surface area contributed by atoms with Gasteiger partial charge in [-0.25, -0.2) is 9.97 Å². The highest BCUT2D eigenvalue weighted by molar-refractivity contribution is 5.85. The smallest absolute Gasteiger partial charge is 0.225 e. The Labute approximate surface area is 187 Å². The van der Waals surface area contributed by atoms with Crippen LogP contribution >= 0.6 is 24.8 Å². The average Bonchev–Trinajstić information content (AvgIpc) is 2.66. The first-order valence-corrected chi connectivity index (χ1v) is 10.3. The van der Waals surface area contributed by atoms with Crippen LogP contribution < -0.4 is 10.6 Å². The van der Waals surface area contributed by atoms with Gasteiger partial charge in [-0.3, -0.25) is 0 Å². The van der Waals surface area contributed by atoms with Crippen LogP contribution in [0.15, 0.2) is 30.5 Å². The maximum atomic E-state index is 6.04. The molecule has 1 aliphatic carbocycles. The summed E-state index contributed by atoms with van der Waals surface area (Å²) in [4.78, 5) is 11.7. The summed E-state index contributed by atoms with van der Waals surface area (Å²) in [5.74, 6) is 0.830. The largest absolute Gasteiger partial charge is 0.341 e. The molecule has 1 aliphatic heterocycles. The summed E-state index contributed by atoms with van der Waals surface area (Å²) in [5.41, 5.74) is 11.7. The molecule has 0 spiro atoms. The SMILES string of the molecule is CC1(C)CCC(C)(C)c2cc(-c3ccnc(N4CCC(N)CC4)n3)ccc21.Cl.Cl. The van der Waals surface area contributed by atoms with Crippen LogP contribution in [0.5, 0.6) is 0 Å². The third-order valence-electron chi connectivity index (χ3n) is 6.61. The van der Waals surface area contributed by atoms with Gasteiger partial charge in [0.25, 0.3) is 0 Å². The first-order chi connectivity index (χ1) is 12.8. The number of anilines is 1. The second kappa shape index (κ2) is 8.79. The van der Waals surface area contributed by atoms with Crippen LogP contribution in [-0.2, 0) is 10.8 Å². The summed E-state index contributed by atoms with van der Waals surface area (Å²) in [6.07, 6.45) is 6.37. The number of halogens is 2. The molecular weight excluding hydrogens is 403 g/mol. The molecule has 1 aromatic heterocycles. The summed E-state index contributed by atoms with van der Waals surface area (Å²) in [6.45, 7) is 11.3. The molecule has 0 bridgehead atoms. The Bertz CT molecular complexity index is 843. The first kappa shape index (κ1) is 23.9. The quantitative estimate of drug-likeness (QED) is 0.696. The molecule has 6 heteroatoms. The molecule has 4 rings (SSSR count). The van der Waals surface area contributed by atoms with Crippen molar-refractivity contribution in [1.29, 1.82) is 0 Å². The molecule has 0 atom stereocenters. The van der Waals surface area contributed by atoms with E-state index in [0.717, 1.165) is 37.6 Å². The summed E-state index contributed by atoms with van der Waals surface area (Å²) >= 11 is 0. The topological polar surface area (TPSA) is 55.0 Å². The number of nitrogens with two attached hydrogens (primary N) is 1. The predicted octanol–water partition coefficient (Wildman–Crippen LogP) is 5.26. The van der Waals surface area contributed by atoms with Gasteiger partial charge in [0.05, 0.1) is 5.69 Å². The van der Waals surface area contributed by atoms with E-state index in [4.69, 9.17) is 10.7 Å². The molecule has 0 amide bonds. The number of fused-ring (bicyclic) bond motifs is 1. The van der Waals surface area contributed by atoms with Gasteiger partial charge in [0.1, 0.15) is 0 Å². The summed E-state index contributed by atoms with van der Waals surface area (Å²) in [7, 11) is 0. The molecule has 0 radical (unpaired) electrons. The minimum absolute atomic E-state index is 0. The number of benzene rings is 1.